The number of hydrogen-bond donors (Lipinski definition) is 1. The molecule has 0 spiro atoms. The number of nitrogens with one attached hydrogen (secondary N) is 1. The molecule has 0 unspecified atom stereocenters. The van der Waals surface area contributed by atoms with E-state index < -0.39 is 35.0 Å². The summed E-state index contributed by atoms with van der Waals surface area (Å²) in [5.41, 5.74) is -2.55. The standard InChI is InChI=1S/C21H11F6N3OS/c22-20(23,24)12-4-5-15(21(25,26)27)14(9-12)18(31)29-13-3-1-2-11(8-13)19-30-16-6-7-28-10-17(16)32-19/h1-10H,(H,29,31). The van der Waals surface area contributed by atoms with Crippen molar-refractivity contribution in [2.24, 2.45) is 0 Å². The number of anilines is 1. The molecule has 11 heteroatoms. The highest BCUT2D eigenvalue weighted by Gasteiger charge is 2.38. The molecule has 0 bridgehead atoms. The molecule has 1 amide bonds. The summed E-state index contributed by atoms with van der Waals surface area (Å²) in [6, 6.07) is 8.58. The van der Waals surface area contributed by atoms with Gasteiger partial charge in [-0.25, -0.2) is 4.98 Å². The molecule has 0 aliphatic rings. The molecule has 0 atom stereocenters. The SMILES string of the molecule is O=C(Nc1cccc(-c2nc3ccncc3s2)c1)c1cc(C(F)(F)F)ccc1C(F)(F)F. The van der Waals surface area contributed by atoms with Crippen molar-refractivity contribution >= 4 is 33.1 Å². The van der Waals surface area contributed by atoms with Crippen LogP contribution < -0.4 is 5.32 Å². The lowest BCUT2D eigenvalue weighted by atomic mass is 10.0. The van der Waals surface area contributed by atoms with Crippen LogP contribution in [0, 0.1) is 0 Å². The Morgan fingerprint density at radius 1 is 0.938 bits per heavy atom. The summed E-state index contributed by atoms with van der Waals surface area (Å²) in [5.74, 6) is -1.31. The molecule has 0 saturated heterocycles. The maximum atomic E-state index is 13.3. The highest BCUT2D eigenvalue weighted by Crippen LogP contribution is 2.37. The fraction of sp³-hybridized carbons (Fsp3) is 0.0952. The van der Waals surface area contributed by atoms with E-state index in [0.717, 1.165) is 4.70 Å². The first-order valence-electron chi connectivity index (χ1n) is 8.93. The maximum Gasteiger partial charge on any atom is 0.417 e. The Kier molecular flexibility index (Phi) is 5.37. The van der Waals surface area contributed by atoms with Gasteiger partial charge in [0.05, 0.1) is 26.9 Å². The number of carbonyl (C=O) groups excluding carboxylic acids is 1. The van der Waals surface area contributed by atoms with Crippen LogP contribution in [0.25, 0.3) is 20.8 Å². The van der Waals surface area contributed by atoms with Gasteiger partial charge in [0.15, 0.2) is 0 Å². The van der Waals surface area contributed by atoms with Crippen LogP contribution in [-0.2, 0) is 12.4 Å². The van der Waals surface area contributed by atoms with Gasteiger partial charge in [0.2, 0.25) is 0 Å². The van der Waals surface area contributed by atoms with Crippen molar-refractivity contribution in [2.45, 2.75) is 12.4 Å². The average molecular weight is 467 g/mol. The summed E-state index contributed by atoms with van der Waals surface area (Å²) in [6.07, 6.45) is -6.70. The number of pyridine rings is 1. The summed E-state index contributed by atoms with van der Waals surface area (Å²) >= 11 is 1.32. The number of thiazole rings is 1. The highest BCUT2D eigenvalue weighted by atomic mass is 32.1. The summed E-state index contributed by atoms with van der Waals surface area (Å²) in [7, 11) is 0. The van der Waals surface area contributed by atoms with E-state index in [2.05, 4.69) is 15.3 Å². The molecule has 1 N–H and O–H groups in total. The molecule has 0 fully saturated rings. The third-order valence-corrected chi connectivity index (χ3v) is 5.51. The quantitative estimate of drug-likeness (QED) is 0.344. The molecule has 0 saturated carbocycles. The number of fused-ring (bicyclic) bond motifs is 1. The smallest absolute Gasteiger partial charge is 0.322 e. The van der Waals surface area contributed by atoms with Gasteiger partial charge in [0.25, 0.3) is 5.91 Å². The van der Waals surface area contributed by atoms with Gasteiger partial charge in [-0.15, -0.1) is 11.3 Å². The van der Waals surface area contributed by atoms with Crippen LogP contribution in [-0.4, -0.2) is 15.9 Å². The first-order chi connectivity index (χ1) is 15.0. The van der Waals surface area contributed by atoms with E-state index in [0.29, 0.717) is 22.2 Å². The van der Waals surface area contributed by atoms with Crippen LogP contribution in [0.3, 0.4) is 0 Å². The van der Waals surface area contributed by atoms with Crippen molar-refractivity contribution in [2.75, 3.05) is 5.32 Å². The van der Waals surface area contributed by atoms with Gasteiger partial charge in [-0.1, -0.05) is 12.1 Å². The average Bonchev–Trinajstić information content (AvgIpc) is 3.16. The second kappa shape index (κ2) is 7.90. The van der Waals surface area contributed by atoms with E-state index in [-0.39, 0.29) is 17.8 Å². The Morgan fingerprint density at radius 2 is 1.72 bits per heavy atom. The van der Waals surface area contributed by atoms with E-state index in [9.17, 15) is 31.1 Å². The van der Waals surface area contributed by atoms with Crippen LogP contribution in [0.15, 0.2) is 60.9 Å². The van der Waals surface area contributed by atoms with Crippen molar-refractivity contribution in [3.05, 3.63) is 77.6 Å². The van der Waals surface area contributed by atoms with Gasteiger partial charge in [-0.2, -0.15) is 26.3 Å². The molecule has 4 aromatic rings. The predicted molar refractivity (Wildman–Crippen MR) is 107 cm³/mol. The third kappa shape index (κ3) is 4.42. The maximum absolute atomic E-state index is 13.3. The Labute approximate surface area is 180 Å². The van der Waals surface area contributed by atoms with Crippen molar-refractivity contribution in [1.82, 2.24) is 9.97 Å². The molecule has 164 valence electrons. The summed E-state index contributed by atoms with van der Waals surface area (Å²) in [5, 5.41) is 2.83. The summed E-state index contributed by atoms with van der Waals surface area (Å²) in [6.45, 7) is 0. The molecule has 2 aromatic carbocycles. The molecule has 4 rings (SSSR count). The summed E-state index contributed by atoms with van der Waals surface area (Å²) in [4.78, 5) is 21.0. The van der Waals surface area contributed by atoms with Gasteiger partial charge in [-0.05, 0) is 36.4 Å². The Bertz CT molecular complexity index is 1280. The van der Waals surface area contributed by atoms with Crippen LogP contribution in [0.5, 0.6) is 0 Å². The Hall–Kier alpha value is -3.47. The van der Waals surface area contributed by atoms with Gasteiger partial charge < -0.3 is 5.32 Å². The lowest BCUT2D eigenvalue weighted by Gasteiger charge is -2.16. The lowest BCUT2D eigenvalue weighted by Crippen LogP contribution is -2.20. The molecular formula is C21H11F6N3OS. The molecular weight excluding hydrogens is 456 g/mol. The van der Waals surface area contributed by atoms with Gasteiger partial charge in [-0.3, -0.25) is 9.78 Å². The fourth-order valence-corrected chi connectivity index (χ4v) is 3.92. The fourth-order valence-electron chi connectivity index (χ4n) is 2.99. The number of benzene rings is 2. The lowest BCUT2D eigenvalue weighted by molar-refractivity contribution is -0.141. The van der Waals surface area contributed by atoms with E-state index in [1.807, 2.05) is 0 Å². The zero-order valence-corrected chi connectivity index (χ0v) is 16.6. The topological polar surface area (TPSA) is 54.9 Å². The number of alkyl halides is 6. The second-order valence-corrected chi connectivity index (χ2v) is 7.68. The largest absolute Gasteiger partial charge is 0.417 e. The summed E-state index contributed by atoms with van der Waals surface area (Å²) < 4.78 is 79.7. The third-order valence-electron chi connectivity index (χ3n) is 4.46. The minimum atomic E-state index is -5.01. The van der Waals surface area contributed by atoms with Crippen LogP contribution in [0.1, 0.15) is 21.5 Å². The number of amides is 1. The predicted octanol–water partition coefficient (Wildman–Crippen LogP) is 6.65. The van der Waals surface area contributed by atoms with Crippen LogP contribution >= 0.6 is 11.3 Å². The highest BCUT2D eigenvalue weighted by molar-refractivity contribution is 7.21. The van der Waals surface area contributed by atoms with E-state index in [1.54, 1.807) is 30.6 Å². The Morgan fingerprint density at radius 3 is 2.41 bits per heavy atom. The monoisotopic (exact) mass is 467 g/mol. The Balaban J connectivity index is 1.68. The zero-order valence-electron chi connectivity index (χ0n) is 15.8. The molecule has 0 radical (unpaired) electrons. The molecule has 32 heavy (non-hydrogen) atoms. The van der Waals surface area contributed by atoms with Crippen LogP contribution in [0.2, 0.25) is 0 Å². The van der Waals surface area contributed by atoms with Gasteiger partial charge in [0, 0.05) is 23.6 Å². The van der Waals surface area contributed by atoms with E-state index in [4.69, 9.17) is 0 Å². The first kappa shape index (κ1) is 21.8. The second-order valence-electron chi connectivity index (χ2n) is 6.65. The number of aromatic nitrogens is 2. The van der Waals surface area contributed by atoms with E-state index >= 15 is 0 Å². The molecule has 2 heterocycles. The van der Waals surface area contributed by atoms with Crippen molar-refractivity contribution in [3.63, 3.8) is 0 Å². The number of rotatable bonds is 3. The van der Waals surface area contributed by atoms with Crippen molar-refractivity contribution in [1.29, 1.82) is 0 Å². The van der Waals surface area contributed by atoms with Gasteiger partial charge >= 0.3 is 12.4 Å². The zero-order chi connectivity index (χ0) is 23.1. The van der Waals surface area contributed by atoms with Gasteiger partial charge in [0.1, 0.15) is 5.01 Å². The molecule has 0 aliphatic heterocycles. The van der Waals surface area contributed by atoms with E-state index in [1.165, 1.54) is 23.5 Å². The molecule has 2 aromatic heterocycles. The molecule has 4 nitrogen and oxygen atoms in total. The number of nitrogens with zero attached hydrogens (tertiary/aromatic N) is 2. The van der Waals surface area contributed by atoms with Crippen LogP contribution in [0.4, 0.5) is 32.0 Å². The minimum Gasteiger partial charge on any atom is -0.322 e. The number of hydrogen-bond acceptors (Lipinski definition) is 4. The number of carbonyl (C=O) groups is 1. The minimum absolute atomic E-state index is 0.107. The van der Waals surface area contributed by atoms with Crippen molar-refractivity contribution in [3.8, 4) is 10.6 Å². The van der Waals surface area contributed by atoms with Crippen molar-refractivity contribution < 1.29 is 31.1 Å². The normalized spacial score (nSPS) is 12.2. The number of halogens is 6. The first-order valence-corrected chi connectivity index (χ1v) is 9.75. The molecule has 0 aliphatic carbocycles.